The van der Waals surface area contributed by atoms with Gasteiger partial charge in [-0.15, -0.1) is 11.3 Å². The highest BCUT2D eigenvalue weighted by Gasteiger charge is 2.27. The van der Waals surface area contributed by atoms with Gasteiger partial charge in [-0.05, 0) is 42.6 Å². The molecule has 0 bridgehead atoms. The monoisotopic (exact) mass is 397 g/mol. The van der Waals surface area contributed by atoms with Crippen molar-refractivity contribution in [1.82, 2.24) is 14.9 Å². The van der Waals surface area contributed by atoms with Crippen molar-refractivity contribution >= 4 is 39.0 Å². The van der Waals surface area contributed by atoms with Gasteiger partial charge in [0.15, 0.2) is 0 Å². The third kappa shape index (κ3) is 3.79. The summed E-state index contributed by atoms with van der Waals surface area (Å²) in [5.74, 6) is 1.76. The lowest BCUT2D eigenvalue weighted by Gasteiger charge is -2.38. The minimum atomic E-state index is -0.198. The quantitative estimate of drug-likeness (QED) is 0.714. The zero-order chi connectivity index (χ0) is 19.5. The summed E-state index contributed by atoms with van der Waals surface area (Å²) in [4.78, 5) is 27.0. The van der Waals surface area contributed by atoms with E-state index in [-0.39, 0.29) is 11.9 Å². The second-order valence-corrected chi connectivity index (χ2v) is 7.65. The van der Waals surface area contributed by atoms with Crippen molar-refractivity contribution in [3.63, 3.8) is 0 Å². The average molecular weight is 398 g/mol. The highest BCUT2D eigenvalue weighted by Crippen LogP contribution is 2.27. The van der Waals surface area contributed by atoms with E-state index in [1.807, 2.05) is 36.6 Å². The van der Waals surface area contributed by atoms with Crippen molar-refractivity contribution in [1.29, 1.82) is 0 Å². The van der Waals surface area contributed by atoms with Gasteiger partial charge in [-0.2, -0.15) is 0 Å². The van der Waals surface area contributed by atoms with E-state index in [0.717, 1.165) is 53.7 Å². The number of carbonyl (C=O) groups excluding carboxylic acids is 1. The number of nitrogens with zero attached hydrogens (tertiary/aromatic N) is 4. The Balaban J connectivity index is 1.36. The fourth-order valence-corrected chi connectivity index (χ4v) is 4.16. The van der Waals surface area contributed by atoms with Gasteiger partial charge < -0.3 is 15.0 Å². The third-order valence-corrected chi connectivity index (χ3v) is 5.96. The van der Waals surface area contributed by atoms with Crippen LogP contribution >= 0.6 is 11.3 Å². The van der Waals surface area contributed by atoms with Gasteiger partial charge in [-0.3, -0.25) is 9.69 Å². The summed E-state index contributed by atoms with van der Waals surface area (Å²) in [5.41, 5.74) is 0.775. The number of carbonyl (C=O) groups is 1. The molecule has 0 radical (unpaired) electrons. The van der Waals surface area contributed by atoms with Gasteiger partial charge in [-0.1, -0.05) is 0 Å². The Morgan fingerprint density at radius 1 is 1.14 bits per heavy atom. The lowest BCUT2D eigenvalue weighted by molar-refractivity contribution is -0.120. The lowest BCUT2D eigenvalue weighted by Crippen LogP contribution is -2.53. The summed E-state index contributed by atoms with van der Waals surface area (Å²) in [6.07, 6.45) is 1.63. The first-order chi connectivity index (χ1) is 13.7. The Morgan fingerprint density at radius 3 is 2.61 bits per heavy atom. The van der Waals surface area contributed by atoms with Crippen LogP contribution in [0.15, 0.2) is 42.0 Å². The highest BCUT2D eigenvalue weighted by atomic mass is 32.1. The number of anilines is 2. The molecule has 1 unspecified atom stereocenters. The number of amides is 1. The van der Waals surface area contributed by atoms with E-state index in [9.17, 15) is 4.79 Å². The van der Waals surface area contributed by atoms with Crippen LogP contribution in [0.3, 0.4) is 0 Å². The molecular weight excluding hydrogens is 374 g/mol. The van der Waals surface area contributed by atoms with Gasteiger partial charge in [-0.25, -0.2) is 9.97 Å². The Hall–Kier alpha value is -2.71. The van der Waals surface area contributed by atoms with Crippen molar-refractivity contribution < 1.29 is 9.53 Å². The molecule has 3 heterocycles. The predicted molar refractivity (Wildman–Crippen MR) is 112 cm³/mol. The number of nitrogens with one attached hydrogen (secondary N) is 1. The summed E-state index contributed by atoms with van der Waals surface area (Å²) in [7, 11) is 1.63. The Kier molecular flexibility index (Phi) is 5.40. The standard InChI is InChI=1S/C20H23N5O2S/c1-14(19(26)23-15-3-5-16(27-2)6-4-15)24-8-10-25(11-9-24)18-17-7-12-28-20(17)22-13-21-18/h3-7,12-14H,8-11H2,1-2H3,(H,23,26). The molecule has 1 N–H and O–H groups in total. The summed E-state index contributed by atoms with van der Waals surface area (Å²) >= 11 is 1.63. The SMILES string of the molecule is COc1ccc(NC(=O)C(C)N2CCN(c3ncnc4sccc34)CC2)cc1. The first-order valence-corrected chi connectivity index (χ1v) is 10.2. The molecule has 1 aliphatic rings. The van der Waals surface area contributed by atoms with E-state index in [1.54, 1.807) is 24.8 Å². The van der Waals surface area contributed by atoms with E-state index in [2.05, 4.69) is 31.2 Å². The fourth-order valence-electron chi connectivity index (χ4n) is 3.44. The fraction of sp³-hybridized carbons (Fsp3) is 0.350. The molecule has 28 heavy (non-hydrogen) atoms. The Bertz CT molecular complexity index is 951. The number of piperazine rings is 1. The van der Waals surface area contributed by atoms with Crippen molar-refractivity contribution in [2.45, 2.75) is 13.0 Å². The lowest BCUT2D eigenvalue weighted by atomic mass is 10.2. The van der Waals surface area contributed by atoms with Crippen LogP contribution in [0.1, 0.15) is 6.92 Å². The van der Waals surface area contributed by atoms with Crippen LogP contribution in [0.25, 0.3) is 10.2 Å². The minimum Gasteiger partial charge on any atom is -0.497 e. The first kappa shape index (κ1) is 18.6. The number of ether oxygens (including phenoxy) is 1. The second-order valence-electron chi connectivity index (χ2n) is 6.75. The highest BCUT2D eigenvalue weighted by molar-refractivity contribution is 7.16. The number of benzene rings is 1. The number of fused-ring (bicyclic) bond motifs is 1. The molecule has 3 aromatic rings. The molecule has 1 saturated heterocycles. The molecule has 7 nitrogen and oxygen atoms in total. The molecule has 4 rings (SSSR count). The smallest absolute Gasteiger partial charge is 0.241 e. The zero-order valence-electron chi connectivity index (χ0n) is 16.0. The number of thiophene rings is 1. The molecule has 0 spiro atoms. The molecule has 1 amide bonds. The normalized spacial score (nSPS) is 16.1. The zero-order valence-corrected chi connectivity index (χ0v) is 16.8. The molecule has 146 valence electrons. The molecule has 0 aliphatic carbocycles. The van der Waals surface area contributed by atoms with E-state index >= 15 is 0 Å². The summed E-state index contributed by atoms with van der Waals surface area (Å²) in [5, 5.41) is 6.13. The van der Waals surface area contributed by atoms with Crippen molar-refractivity contribution in [2.75, 3.05) is 43.5 Å². The molecule has 1 atom stereocenters. The Labute approximate surface area is 168 Å². The maximum absolute atomic E-state index is 12.6. The van der Waals surface area contributed by atoms with E-state index in [0.29, 0.717) is 0 Å². The summed E-state index contributed by atoms with van der Waals surface area (Å²) in [6.45, 7) is 5.25. The van der Waals surface area contributed by atoms with Crippen molar-refractivity contribution in [2.24, 2.45) is 0 Å². The van der Waals surface area contributed by atoms with Gasteiger partial charge in [0.2, 0.25) is 5.91 Å². The Morgan fingerprint density at radius 2 is 1.89 bits per heavy atom. The molecule has 2 aromatic heterocycles. The molecule has 0 saturated carbocycles. The third-order valence-electron chi connectivity index (χ3n) is 5.14. The van der Waals surface area contributed by atoms with Crippen LogP contribution in [0.2, 0.25) is 0 Å². The summed E-state index contributed by atoms with van der Waals surface area (Å²) in [6, 6.07) is 9.26. The van der Waals surface area contributed by atoms with Crippen LogP contribution in [0.5, 0.6) is 5.75 Å². The molecule has 8 heteroatoms. The first-order valence-electron chi connectivity index (χ1n) is 9.28. The minimum absolute atomic E-state index is 0.000813. The number of hydrogen-bond acceptors (Lipinski definition) is 7. The van der Waals surface area contributed by atoms with Crippen molar-refractivity contribution in [3.8, 4) is 5.75 Å². The summed E-state index contributed by atoms with van der Waals surface area (Å²) < 4.78 is 5.15. The maximum Gasteiger partial charge on any atom is 0.241 e. The van der Waals surface area contributed by atoms with Crippen molar-refractivity contribution in [3.05, 3.63) is 42.0 Å². The van der Waals surface area contributed by atoms with Crippen LogP contribution in [-0.2, 0) is 4.79 Å². The van der Waals surface area contributed by atoms with Gasteiger partial charge in [0.1, 0.15) is 22.7 Å². The molecular formula is C20H23N5O2S. The van der Waals surface area contributed by atoms with Gasteiger partial charge >= 0.3 is 0 Å². The number of methoxy groups -OCH3 is 1. The molecule has 1 aliphatic heterocycles. The number of rotatable bonds is 5. The van der Waals surface area contributed by atoms with Crippen LogP contribution in [-0.4, -0.2) is 60.1 Å². The van der Waals surface area contributed by atoms with Crippen LogP contribution < -0.4 is 15.0 Å². The van der Waals surface area contributed by atoms with Gasteiger partial charge in [0.05, 0.1) is 18.5 Å². The van der Waals surface area contributed by atoms with Gasteiger partial charge in [0, 0.05) is 31.9 Å². The topological polar surface area (TPSA) is 70.6 Å². The average Bonchev–Trinajstić information content (AvgIpc) is 3.23. The van der Waals surface area contributed by atoms with Crippen LogP contribution in [0.4, 0.5) is 11.5 Å². The predicted octanol–water partition coefficient (Wildman–Crippen LogP) is 2.85. The number of aromatic nitrogens is 2. The molecule has 1 aromatic carbocycles. The van der Waals surface area contributed by atoms with E-state index in [1.165, 1.54) is 0 Å². The van der Waals surface area contributed by atoms with Crippen LogP contribution in [0, 0.1) is 0 Å². The van der Waals surface area contributed by atoms with E-state index < -0.39 is 0 Å². The maximum atomic E-state index is 12.6. The number of hydrogen-bond donors (Lipinski definition) is 1. The van der Waals surface area contributed by atoms with Gasteiger partial charge in [0.25, 0.3) is 0 Å². The van der Waals surface area contributed by atoms with E-state index in [4.69, 9.17) is 4.74 Å². The largest absolute Gasteiger partial charge is 0.497 e. The second kappa shape index (κ2) is 8.12. The molecule has 1 fully saturated rings.